The molecule has 0 saturated carbocycles. The van der Waals surface area contributed by atoms with Crippen LogP contribution in [0.15, 0.2) is 33.9 Å². The van der Waals surface area contributed by atoms with E-state index in [2.05, 4.69) is 10.4 Å². The zero-order valence-corrected chi connectivity index (χ0v) is 12.5. The van der Waals surface area contributed by atoms with Crippen LogP contribution in [0, 0.1) is 0 Å². The van der Waals surface area contributed by atoms with Crippen LogP contribution in [-0.2, 0) is 30.2 Å². The molecular formula is C12H18N4O3S. The van der Waals surface area contributed by atoms with Crippen molar-refractivity contribution < 1.29 is 12.8 Å². The molecule has 0 unspecified atom stereocenters. The number of furan rings is 1. The van der Waals surface area contributed by atoms with Crippen LogP contribution in [0.2, 0.25) is 0 Å². The first kappa shape index (κ1) is 14.8. The van der Waals surface area contributed by atoms with E-state index in [0.29, 0.717) is 18.8 Å². The molecule has 1 N–H and O–H groups in total. The fourth-order valence-corrected chi connectivity index (χ4v) is 2.47. The summed E-state index contributed by atoms with van der Waals surface area (Å²) in [4.78, 5) is 0. The average molecular weight is 298 g/mol. The molecular weight excluding hydrogens is 280 g/mol. The van der Waals surface area contributed by atoms with Gasteiger partial charge in [-0.2, -0.15) is 5.10 Å². The Morgan fingerprint density at radius 3 is 2.65 bits per heavy atom. The summed E-state index contributed by atoms with van der Waals surface area (Å²) in [6.45, 7) is 1.08. The number of aryl methyl sites for hydroxylation is 1. The van der Waals surface area contributed by atoms with Crippen LogP contribution in [0.4, 0.5) is 0 Å². The first-order chi connectivity index (χ1) is 9.41. The zero-order valence-electron chi connectivity index (χ0n) is 11.7. The van der Waals surface area contributed by atoms with Crippen LogP contribution in [0.3, 0.4) is 0 Å². The van der Waals surface area contributed by atoms with E-state index in [4.69, 9.17) is 4.42 Å². The highest BCUT2D eigenvalue weighted by molar-refractivity contribution is 7.88. The SMILES string of the molecule is CN(C)S(=O)(=O)c1ccc(CNCc2ccnn2C)o1. The van der Waals surface area contributed by atoms with Crippen LogP contribution in [-0.4, -0.2) is 36.6 Å². The van der Waals surface area contributed by atoms with Crippen LogP contribution < -0.4 is 5.32 Å². The first-order valence-corrected chi connectivity index (χ1v) is 7.54. The van der Waals surface area contributed by atoms with Gasteiger partial charge in [-0.15, -0.1) is 0 Å². The molecule has 0 radical (unpaired) electrons. The summed E-state index contributed by atoms with van der Waals surface area (Å²) in [5.74, 6) is 0.576. The number of nitrogens with one attached hydrogen (secondary N) is 1. The molecule has 0 aliphatic carbocycles. The van der Waals surface area contributed by atoms with Crippen molar-refractivity contribution in [2.24, 2.45) is 7.05 Å². The minimum absolute atomic E-state index is 0.0418. The third-order valence-corrected chi connectivity index (χ3v) is 4.59. The summed E-state index contributed by atoms with van der Waals surface area (Å²) < 4.78 is 31.9. The van der Waals surface area contributed by atoms with E-state index >= 15 is 0 Å². The lowest BCUT2D eigenvalue weighted by atomic mass is 10.4. The monoisotopic (exact) mass is 298 g/mol. The fourth-order valence-electron chi connectivity index (χ4n) is 1.66. The van der Waals surface area contributed by atoms with Gasteiger partial charge in [-0.3, -0.25) is 4.68 Å². The summed E-state index contributed by atoms with van der Waals surface area (Å²) >= 11 is 0. The Balaban J connectivity index is 1.96. The van der Waals surface area contributed by atoms with Crippen LogP contribution in [0.25, 0.3) is 0 Å². The Morgan fingerprint density at radius 1 is 1.30 bits per heavy atom. The molecule has 0 aliphatic heterocycles. The van der Waals surface area contributed by atoms with E-state index in [1.807, 2.05) is 13.1 Å². The summed E-state index contributed by atoms with van der Waals surface area (Å²) in [5.41, 5.74) is 1.04. The van der Waals surface area contributed by atoms with Gasteiger partial charge in [0, 0.05) is 33.9 Å². The summed E-state index contributed by atoms with van der Waals surface area (Å²) in [7, 11) is 1.30. The molecule has 0 atom stereocenters. The molecule has 110 valence electrons. The van der Waals surface area contributed by atoms with Gasteiger partial charge in [0.1, 0.15) is 5.76 Å². The number of nitrogens with zero attached hydrogens (tertiary/aromatic N) is 3. The molecule has 0 bridgehead atoms. The lowest BCUT2D eigenvalue weighted by molar-refractivity contribution is 0.388. The van der Waals surface area contributed by atoms with Crippen LogP contribution in [0.5, 0.6) is 0 Å². The first-order valence-electron chi connectivity index (χ1n) is 6.10. The second-order valence-corrected chi connectivity index (χ2v) is 6.64. The van der Waals surface area contributed by atoms with E-state index in [-0.39, 0.29) is 5.09 Å². The van der Waals surface area contributed by atoms with Gasteiger partial charge in [-0.25, -0.2) is 12.7 Å². The minimum Gasteiger partial charge on any atom is -0.447 e. The molecule has 8 heteroatoms. The molecule has 0 aliphatic rings. The molecule has 7 nitrogen and oxygen atoms in total. The van der Waals surface area contributed by atoms with Gasteiger partial charge in [0.2, 0.25) is 5.09 Å². The lowest BCUT2D eigenvalue weighted by Gasteiger charge is -2.08. The second-order valence-electron chi connectivity index (χ2n) is 4.56. The van der Waals surface area contributed by atoms with Crippen molar-refractivity contribution in [1.29, 1.82) is 0 Å². The predicted octanol–water partition coefficient (Wildman–Crippen LogP) is 0.553. The Kier molecular flexibility index (Phi) is 4.26. The maximum absolute atomic E-state index is 11.9. The number of hydrogen-bond acceptors (Lipinski definition) is 5. The molecule has 2 aromatic heterocycles. The van der Waals surface area contributed by atoms with Gasteiger partial charge in [-0.05, 0) is 18.2 Å². The van der Waals surface area contributed by atoms with Gasteiger partial charge in [0.25, 0.3) is 10.0 Å². The van der Waals surface area contributed by atoms with Crippen molar-refractivity contribution in [1.82, 2.24) is 19.4 Å². The second kappa shape index (κ2) is 5.78. The number of rotatable bonds is 6. The number of sulfonamides is 1. The van der Waals surface area contributed by atoms with Crippen LogP contribution >= 0.6 is 0 Å². The molecule has 2 heterocycles. The van der Waals surface area contributed by atoms with Crippen molar-refractivity contribution in [3.05, 3.63) is 35.9 Å². The highest BCUT2D eigenvalue weighted by atomic mass is 32.2. The Hall–Kier alpha value is -1.64. The topological polar surface area (TPSA) is 80.4 Å². The fraction of sp³-hybridized carbons (Fsp3) is 0.417. The van der Waals surface area contributed by atoms with Gasteiger partial charge in [0.05, 0.1) is 12.2 Å². The smallest absolute Gasteiger partial charge is 0.275 e. The maximum atomic E-state index is 11.9. The molecule has 0 fully saturated rings. The van der Waals surface area contributed by atoms with Gasteiger partial charge >= 0.3 is 0 Å². The molecule has 0 spiro atoms. The summed E-state index contributed by atoms with van der Waals surface area (Å²) in [5, 5.41) is 7.20. The van der Waals surface area contributed by atoms with Crippen LogP contribution in [0.1, 0.15) is 11.5 Å². The Bertz CT molecular complexity index is 672. The number of aromatic nitrogens is 2. The van der Waals surface area contributed by atoms with Crippen molar-refractivity contribution in [2.45, 2.75) is 18.2 Å². The quantitative estimate of drug-likeness (QED) is 0.842. The number of hydrogen-bond donors (Lipinski definition) is 1. The van der Waals surface area contributed by atoms with Gasteiger partial charge in [0.15, 0.2) is 0 Å². The van der Waals surface area contributed by atoms with Crippen molar-refractivity contribution in [3.63, 3.8) is 0 Å². The molecule has 0 aromatic carbocycles. The van der Waals surface area contributed by atoms with E-state index < -0.39 is 10.0 Å². The van der Waals surface area contributed by atoms with Gasteiger partial charge < -0.3 is 9.73 Å². The standard InChI is InChI=1S/C12H18N4O3S/c1-15(2)20(17,18)12-5-4-11(19-12)9-13-8-10-6-7-14-16(10)3/h4-7,13H,8-9H2,1-3H3. The molecule has 0 saturated heterocycles. The third-order valence-electron chi connectivity index (χ3n) is 2.90. The summed E-state index contributed by atoms with van der Waals surface area (Å²) in [6.07, 6.45) is 1.73. The zero-order chi connectivity index (χ0) is 14.8. The third kappa shape index (κ3) is 3.09. The molecule has 2 rings (SSSR count). The Labute approximate surface area is 118 Å². The van der Waals surface area contributed by atoms with E-state index in [1.54, 1.807) is 16.9 Å². The molecule has 0 amide bonds. The van der Waals surface area contributed by atoms with Crippen molar-refractivity contribution in [2.75, 3.05) is 14.1 Å². The normalized spacial score (nSPS) is 12.2. The van der Waals surface area contributed by atoms with E-state index in [1.165, 1.54) is 20.2 Å². The van der Waals surface area contributed by atoms with Crippen molar-refractivity contribution in [3.8, 4) is 0 Å². The average Bonchev–Trinajstić information content (AvgIpc) is 2.99. The lowest BCUT2D eigenvalue weighted by Crippen LogP contribution is -2.21. The predicted molar refractivity (Wildman–Crippen MR) is 73.3 cm³/mol. The highest BCUT2D eigenvalue weighted by Gasteiger charge is 2.21. The molecule has 2 aromatic rings. The maximum Gasteiger partial charge on any atom is 0.275 e. The molecule has 20 heavy (non-hydrogen) atoms. The largest absolute Gasteiger partial charge is 0.447 e. The van der Waals surface area contributed by atoms with E-state index in [9.17, 15) is 8.42 Å². The summed E-state index contributed by atoms with van der Waals surface area (Å²) in [6, 6.07) is 5.04. The Morgan fingerprint density at radius 2 is 2.05 bits per heavy atom. The minimum atomic E-state index is -3.51. The van der Waals surface area contributed by atoms with E-state index in [0.717, 1.165) is 10.00 Å². The van der Waals surface area contributed by atoms with Gasteiger partial charge in [-0.1, -0.05) is 0 Å². The van der Waals surface area contributed by atoms with Crippen molar-refractivity contribution >= 4 is 10.0 Å². The highest BCUT2D eigenvalue weighted by Crippen LogP contribution is 2.16.